The van der Waals surface area contributed by atoms with Crippen LogP contribution in [-0.2, 0) is 47.7 Å². The zero-order valence-corrected chi connectivity index (χ0v) is 19.0. The van der Waals surface area contributed by atoms with E-state index in [1.165, 1.54) is 30.4 Å². The standard InChI is InChI=1S/C18H26O10S2/c1-9(19)24-8-14(25-10(2)20)15(26-11(3)21)16(27-12(4)22)17(28-13(5)23)18-29-6-7-30-18/h14-18H,6-8H2,1-5H3/t14-,15-,16+,17+/m1/s1. The van der Waals surface area contributed by atoms with Crippen molar-refractivity contribution in [3.8, 4) is 0 Å². The molecule has 1 heterocycles. The van der Waals surface area contributed by atoms with Gasteiger partial charge in [-0.2, -0.15) is 0 Å². The highest BCUT2D eigenvalue weighted by molar-refractivity contribution is 8.20. The van der Waals surface area contributed by atoms with E-state index < -0.39 is 60.9 Å². The number of ether oxygens (including phenoxy) is 5. The first-order valence-electron chi connectivity index (χ1n) is 9.06. The highest BCUT2D eigenvalue weighted by Crippen LogP contribution is 2.39. The number of hydrogen-bond acceptors (Lipinski definition) is 12. The maximum absolute atomic E-state index is 11.9. The minimum absolute atomic E-state index is 0.317. The number of esters is 5. The van der Waals surface area contributed by atoms with Crippen LogP contribution in [0.15, 0.2) is 0 Å². The third kappa shape index (κ3) is 9.24. The second-order valence-electron chi connectivity index (χ2n) is 6.28. The van der Waals surface area contributed by atoms with Gasteiger partial charge in [-0.1, -0.05) is 0 Å². The van der Waals surface area contributed by atoms with E-state index in [2.05, 4.69) is 0 Å². The van der Waals surface area contributed by atoms with E-state index in [0.29, 0.717) is 0 Å². The second-order valence-corrected chi connectivity index (χ2v) is 9.08. The molecule has 1 saturated heterocycles. The first kappa shape index (κ1) is 26.1. The van der Waals surface area contributed by atoms with E-state index in [-0.39, 0.29) is 4.58 Å². The molecule has 0 spiro atoms. The molecule has 0 bridgehead atoms. The zero-order chi connectivity index (χ0) is 22.8. The molecule has 0 radical (unpaired) electrons. The van der Waals surface area contributed by atoms with Crippen LogP contribution in [0, 0.1) is 0 Å². The Morgan fingerprint density at radius 3 is 1.60 bits per heavy atom. The van der Waals surface area contributed by atoms with Gasteiger partial charge in [-0.3, -0.25) is 24.0 Å². The molecule has 0 aromatic carbocycles. The van der Waals surface area contributed by atoms with Gasteiger partial charge in [0.15, 0.2) is 24.4 Å². The summed E-state index contributed by atoms with van der Waals surface area (Å²) in [5.74, 6) is -1.95. The van der Waals surface area contributed by atoms with Gasteiger partial charge in [0.1, 0.15) is 6.61 Å². The average Bonchev–Trinajstić information content (AvgIpc) is 3.13. The van der Waals surface area contributed by atoms with Crippen molar-refractivity contribution in [3.63, 3.8) is 0 Å². The Labute approximate surface area is 183 Å². The first-order chi connectivity index (χ1) is 14.0. The van der Waals surface area contributed by atoms with Gasteiger partial charge in [-0.25, -0.2) is 0 Å². The Morgan fingerprint density at radius 2 is 1.17 bits per heavy atom. The van der Waals surface area contributed by atoms with Crippen LogP contribution in [0.5, 0.6) is 0 Å². The molecule has 0 N–H and O–H groups in total. The molecule has 0 amide bonds. The molecule has 1 aliphatic heterocycles. The van der Waals surface area contributed by atoms with Crippen LogP contribution in [0.3, 0.4) is 0 Å². The molecule has 1 rings (SSSR count). The average molecular weight is 467 g/mol. The molecule has 0 aromatic heterocycles. The van der Waals surface area contributed by atoms with Gasteiger partial charge >= 0.3 is 29.8 Å². The van der Waals surface area contributed by atoms with Gasteiger partial charge in [-0.05, 0) is 0 Å². The molecule has 1 aliphatic rings. The number of hydrogen-bond donors (Lipinski definition) is 0. The van der Waals surface area contributed by atoms with Crippen LogP contribution < -0.4 is 0 Å². The summed E-state index contributed by atoms with van der Waals surface area (Å²) >= 11 is 2.98. The van der Waals surface area contributed by atoms with E-state index in [1.54, 1.807) is 0 Å². The molecule has 4 atom stereocenters. The fourth-order valence-electron chi connectivity index (χ4n) is 2.70. The number of thioether (sulfide) groups is 2. The van der Waals surface area contributed by atoms with E-state index in [4.69, 9.17) is 23.7 Å². The summed E-state index contributed by atoms with van der Waals surface area (Å²) in [5.41, 5.74) is 0. The topological polar surface area (TPSA) is 132 Å². The van der Waals surface area contributed by atoms with Crippen molar-refractivity contribution in [3.05, 3.63) is 0 Å². The van der Waals surface area contributed by atoms with Gasteiger partial charge in [-0.15, -0.1) is 23.5 Å². The fraction of sp³-hybridized carbons (Fsp3) is 0.722. The Kier molecular flexibility index (Phi) is 11.0. The van der Waals surface area contributed by atoms with Crippen molar-refractivity contribution in [2.45, 2.75) is 63.6 Å². The number of rotatable bonds is 10. The lowest BCUT2D eigenvalue weighted by Crippen LogP contribution is -2.55. The number of carbonyl (C=O) groups is 5. The first-order valence-corrected chi connectivity index (χ1v) is 11.2. The molecule has 0 aromatic rings. The van der Waals surface area contributed by atoms with Crippen molar-refractivity contribution in [1.82, 2.24) is 0 Å². The fourth-order valence-corrected chi connectivity index (χ4v) is 5.70. The van der Waals surface area contributed by atoms with Crippen LogP contribution in [0.1, 0.15) is 34.6 Å². The molecule has 0 saturated carbocycles. The van der Waals surface area contributed by atoms with Gasteiger partial charge < -0.3 is 23.7 Å². The third-order valence-electron chi connectivity index (χ3n) is 3.60. The van der Waals surface area contributed by atoms with Crippen LogP contribution in [0.2, 0.25) is 0 Å². The molecule has 10 nitrogen and oxygen atoms in total. The molecule has 0 unspecified atom stereocenters. The zero-order valence-electron chi connectivity index (χ0n) is 17.4. The monoisotopic (exact) mass is 466 g/mol. The van der Waals surface area contributed by atoms with E-state index >= 15 is 0 Å². The summed E-state index contributed by atoms with van der Waals surface area (Å²) in [5, 5.41) is 0. The molecular weight excluding hydrogens is 440 g/mol. The van der Waals surface area contributed by atoms with Crippen molar-refractivity contribution >= 4 is 53.4 Å². The lowest BCUT2D eigenvalue weighted by Gasteiger charge is -2.36. The highest BCUT2D eigenvalue weighted by atomic mass is 32.2. The molecule has 12 heteroatoms. The summed E-state index contributed by atoms with van der Waals surface area (Å²) in [7, 11) is 0. The smallest absolute Gasteiger partial charge is 0.303 e. The summed E-state index contributed by atoms with van der Waals surface area (Å²) in [6.07, 6.45) is -5.00. The van der Waals surface area contributed by atoms with Crippen LogP contribution >= 0.6 is 23.5 Å². The summed E-state index contributed by atoms with van der Waals surface area (Å²) < 4.78 is 26.0. The second kappa shape index (κ2) is 12.7. The Balaban J connectivity index is 3.38. The van der Waals surface area contributed by atoms with Crippen molar-refractivity contribution in [2.24, 2.45) is 0 Å². The summed E-state index contributed by atoms with van der Waals surface area (Å²) in [4.78, 5) is 58.3. The maximum atomic E-state index is 11.9. The van der Waals surface area contributed by atoms with Crippen molar-refractivity contribution in [2.75, 3.05) is 18.1 Å². The lowest BCUT2D eigenvalue weighted by molar-refractivity contribution is -0.201. The Bertz CT molecular complexity index is 647. The highest BCUT2D eigenvalue weighted by Gasteiger charge is 2.47. The van der Waals surface area contributed by atoms with Crippen LogP contribution in [-0.4, -0.2) is 77.0 Å². The van der Waals surface area contributed by atoms with Crippen molar-refractivity contribution in [1.29, 1.82) is 0 Å². The molecule has 30 heavy (non-hydrogen) atoms. The molecule has 1 fully saturated rings. The minimum Gasteiger partial charge on any atom is -0.462 e. The Hall–Kier alpha value is -1.95. The predicted octanol–water partition coefficient (Wildman–Crippen LogP) is 1.08. The minimum atomic E-state index is -1.39. The summed E-state index contributed by atoms with van der Waals surface area (Å²) in [6.45, 7) is 5.29. The Morgan fingerprint density at radius 1 is 0.700 bits per heavy atom. The largest absolute Gasteiger partial charge is 0.462 e. The lowest BCUT2D eigenvalue weighted by atomic mass is 10.0. The van der Waals surface area contributed by atoms with Crippen molar-refractivity contribution < 1.29 is 47.7 Å². The SMILES string of the molecule is CC(=O)OC[C@@H](OC(C)=O)[C@@H](OC(C)=O)[C@H](OC(C)=O)[C@H](OC(C)=O)C1SCCS1. The quantitative estimate of drug-likeness (QED) is 0.337. The van der Waals surface area contributed by atoms with Crippen LogP contribution in [0.25, 0.3) is 0 Å². The van der Waals surface area contributed by atoms with E-state index in [0.717, 1.165) is 39.2 Å². The van der Waals surface area contributed by atoms with E-state index in [1.807, 2.05) is 0 Å². The maximum Gasteiger partial charge on any atom is 0.303 e. The molecule has 170 valence electrons. The molecular formula is C18H26O10S2. The molecule has 0 aliphatic carbocycles. The van der Waals surface area contributed by atoms with Gasteiger partial charge in [0.2, 0.25) is 0 Å². The van der Waals surface area contributed by atoms with Gasteiger partial charge in [0, 0.05) is 46.1 Å². The number of carbonyl (C=O) groups excluding carboxylic acids is 5. The predicted molar refractivity (Wildman–Crippen MR) is 108 cm³/mol. The third-order valence-corrected chi connectivity index (χ3v) is 6.75. The van der Waals surface area contributed by atoms with Crippen LogP contribution in [0.4, 0.5) is 0 Å². The van der Waals surface area contributed by atoms with Gasteiger partial charge in [0.25, 0.3) is 0 Å². The van der Waals surface area contributed by atoms with E-state index in [9.17, 15) is 24.0 Å². The summed E-state index contributed by atoms with van der Waals surface area (Å²) in [6, 6.07) is 0. The normalized spacial score (nSPS) is 17.8. The van der Waals surface area contributed by atoms with Gasteiger partial charge in [0.05, 0.1) is 4.58 Å².